The Kier molecular flexibility index (Phi) is 49.9. The predicted molar refractivity (Wildman–Crippen MR) is 314 cm³/mol. The minimum Gasteiger partial charge on any atom is -0.377 e. The van der Waals surface area contributed by atoms with Crippen LogP contribution in [-0.4, -0.2) is 147 Å². The lowest BCUT2D eigenvalue weighted by Crippen LogP contribution is -2.53. The first kappa shape index (κ1) is 71.7. The number of ether oxygens (including phenoxy) is 2. The molecule has 74 heavy (non-hydrogen) atoms. The fraction of sp³-hybridized carbons (Fsp3) is 0.935. The number of nitrogens with zero attached hydrogens (tertiary/aromatic N) is 4. The molecule has 12 nitrogen and oxygen atoms in total. The Morgan fingerprint density at radius 1 is 0.351 bits per heavy atom. The van der Waals surface area contributed by atoms with E-state index in [2.05, 4.69) is 62.0 Å². The molecule has 0 radical (unpaired) electrons. The Balaban J connectivity index is 4.95. The second-order valence-electron chi connectivity index (χ2n) is 22.1. The quantitative estimate of drug-likeness (QED) is 0.0577. The maximum Gasteiger partial charge on any atom is 0.243 e. The Labute approximate surface area is 458 Å². The van der Waals surface area contributed by atoms with E-state index in [0.29, 0.717) is 65.4 Å². The summed E-state index contributed by atoms with van der Waals surface area (Å²) in [6.45, 7) is 30.2. The summed E-state index contributed by atoms with van der Waals surface area (Å²) >= 11 is 0. The zero-order chi connectivity index (χ0) is 54.9. The topological polar surface area (TPSA) is 124 Å². The largest absolute Gasteiger partial charge is 0.377 e. The molecule has 2 N–H and O–H groups in total. The number of carbonyl (C=O) groups excluding carboxylic acids is 4. The van der Waals surface area contributed by atoms with E-state index >= 15 is 0 Å². The standard InChI is InChI=1S/C62H124N6O6/c1-11-17-19-21-23-25-27-29-31-33-35-37-39-43-57(69)67(49-41-47-65(13-3)14-4)59(55(7)8)61(71)63-45-51-73-53-54-74-52-46-64-62(72)60(56(9)10)68(50-42-48-66(15-5)16-6)58(70)44-40-38-36-34-32-30-28-26-24-22-20-18-12-2/h55-56,59-60H,11-54H2,1-10H3,(H,63,71)(H,64,72). The Bertz CT molecular complexity index is 1200. The number of unbranched alkanes of at least 4 members (excludes halogenated alkanes) is 24. The second-order valence-corrected chi connectivity index (χ2v) is 22.1. The van der Waals surface area contributed by atoms with Gasteiger partial charge in [-0.15, -0.1) is 0 Å². The molecule has 2 unspecified atom stereocenters. The van der Waals surface area contributed by atoms with Gasteiger partial charge in [-0.25, -0.2) is 0 Å². The van der Waals surface area contributed by atoms with Gasteiger partial charge in [-0.1, -0.05) is 223 Å². The minimum absolute atomic E-state index is 0.0280. The highest BCUT2D eigenvalue weighted by molar-refractivity contribution is 5.88. The van der Waals surface area contributed by atoms with Gasteiger partial charge in [0, 0.05) is 39.0 Å². The summed E-state index contributed by atoms with van der Waals surface area (Å²) in [7, 11) is 0. The fourth-order valence-corrected chi connectivity index (χ4v) is 10.4. The van der Waals surface area contributed by atoms with Crippen molar-refractivity contribution in [2.45, 2.75) is 274 Å². The molecule has 0 spiro atoms. The Morgan fingerprint density at radius 3 is 0.878 bits per heavy atom. The first-order valence-electron chi connectivity index (χ1n) is 31.7. The number of hydrogen-bond acceptors (Lipinski definition) is 8. The van der Waals surface area contributed by atoms with Gasteiger partial charge in [0.05, 0.1) is 26.4 Å². The molecule has 0 saturated heterocycles. The highest BCUT2D eigenvalue weighted by Gasteiger charge is 2.33. The van der Waals surface area contributed by atoms with Gasteiger partial charge in [0.2, 0.25) is 23.6 Å². The molecule has 0 aromatic heterocycles. The van der Waals surface area contributed by atoms with Crippen LogP contribution in [0.15, 0.2) is 0 Å². The molecular formula is C62H124N6O6. The van der Waals surface area contributed by atoms with E-state index < -0.39 is 12.1 Å². The lowest BCUT2D eigenvalue weighted by molar-refractivity contribution is -0.142. The van der Waals surface area contributed by atoms with Crippen LogP contribution in [0.25, 0.3) is 0 Å². The summed E-state index contributed by atoms with van der Waals surface area (Å²) < 4.78 is 11.7. The van der Waals surface area contributed by atoms with Crippen LogP contribution in [0, 0.1) is 11.8 Å². The summed E-state index contributed by atoms with van der Waals surface area (Å²) in [6, 6.07) is -1.06. The van der Waals surface area contributed by atoms with Crippen molar-refractivity contribution in [1.82, 2.24) is 30.2 Å². The molecule has 0 bridgehead atoms. The molecule has 12 heteroatoms. The van der Waals surface area contributed by atoms with Crippen molar-refractivity contribution in [2.75, 3.05) is 91.9 Å². The molecule has 0 saturated carbocycles. The molecule has 0 aliphatic carbocycles. The molecular weight excluding hydrogens is 925 g/mol. The van der Waals surface area contributed by atoms with Crippen molar-refractivity contribution >= 4 is 23.6 Å². The number of nitrogens with one attached hydrogen (secondary N) is 2. The number of rotatable bonds is 55. The van der Waals surface area contributed by atoms with Crippen molar-refractivity contribution in [3.63, 3.8) is 0 Å². The molecule has 0 aromatic rings. The molecule has 0 aromatic carbocycles. The van der Waals surface area contributed by atoms with E-state index in [-0.39, 0.29) is 35.5 Å². The highest BCUT2D eigenvalue weighted by atomic mass is 16.5. The second kappa shape index (κ2) is 51.5. The van der Waals surface area contributed by atoms with Crippen molar-refractivity contribution in [1.29, 1.82) is 0 Å². The van der Waals surface area contributed by atoms with Crippen molar-refractivity contribution in [3.05, 3.63) is 0 Å². The minimum atomic E-state index is -0.531. The van der Waals surface area contributed by atoms with Gasteiger partial charge in [-0.3, -0.25) is 19.2 Å². The van der Waals surface area contributed by atoms with E-state index in [4.69, 9.17) is 9.47 Å². The summed E-state index contributed by atoms with van der Waals surface area (Å²) in [5, 5.41) is 6.14. The van der Waals surface area contributed by atoms with Gasteiger partial charge in [-0.2, -0.15) is 0 Å². The van der Waals surface area contributed by atoms with E-state index in [0.717, 1.165) is 77.8 Å². The number of carbonyl (C=O) groups is 4. The van der Waals surface area contributed by atoms with E-state index in [9.17, 15) is 19.2 Å². The number of hydrogen-bond donors (Lipinski definition) is 2. The van der Waals surface area contributed by atoms with Crippen LogP contribution in [0.3, 0.4) is 0 Å². The molecule has 438 valence electrons. The Morgan fingerprint density at radius 2 is 0.622 bits per heavy atom. The zero-order valence-corrected chi connectivity index (χ0v) is 50.7. The van der Waals surface area contributed by atoms with Gasteiger partial charge in [-0.05, 0) is 76.8 Å². The summed E-state index contributed by atoms with van der Waals surface area (Å²) in [5.41, 5.74) is 0. The van der Waals surface area contributed by atoms with Crippen LogP contribution in [0.2, 0.25) is 0 Å². The smallest absolute Gasteiger partial charge is 0.243 e. The first-order valence-corrected chi connectivity index (χ1v) is 31.7. The van der Waals surface area contributed by atoms with E-state index in [1.807, 2.05) is 37.5 Å². The molecule has 0 fully saturated rings. The summed E-state index contributed by atoms with van der Waals surface area (Å²) in [5.74, 6) is -0.133. The van der Waals surface area contributed by atoms with Gasteiger partial charge >= 0.3 is 0 Å². The van der Waals surface area contributed by atoms with Gasteiger partial charge < -0.3 is 39.7 Å². The third kappa shape index (κ3) is 38.3. The Hall–Kier alpha value is -2.28. The average Bonchev–Trinajstić information content (AvgIpc) is 3.38. The van der Waals surface area contributed by atoms with Crippen LogP contribution in [0.4, 0.5) is 0 Å². The van der Waals surface area contributed by atoms with Crippen molar-refractivity contribution < 1.29 is 28.7 Å². The monoisotopic (exact) mass is 1050 g/mol. The summed E-state index contributed by atoms with van der Waals surface area (Å²) in [6.07, 6.45) is 35.5. The fourth-order valence-electron chi connectivity index (χ4n) is 10.4. The molecule has 0 aliphatic heterocycles. The molecule has 0 aliphatic rings. The highest BCUT2D eigenvalue weighted by Crippen LogP contribution is 2.20. The third-order valence-corrected chi connectivity index (χ3v) is 15.1. The first-order chi connectivity index (χ1) is 35.9. The van der Waals surface area contributed by atoms with Crippen LogP contribution >= 0.6 is 0 Å². The molecule has 4 amide bonds. The van der Waals surface area contributed by atoms with Gasteiger partial charge in [0.15, 0.2) is 0 Å². The van der Waals surface area contributed by atoms with E-state index in [1.165, 1.54) is 141 Å². The third-order valence-electron chi connectivity index (χ3n) is 15.1. The normalized spacial score (nSPS) is 12.6. The zero-order valence-electron chi connectivity index (χ0n) is 50.7. The molecule has 2 atom stereocenters. The van der Waals surface area contributed by atoms with Crippen LogP contribution < -0.4 is 10.6 Å². The molecule has 0 rings (SSSR count). The lowest BCUT2D eigenvalue weighted by atomic mass is 9.99. The van der Waals surface area contributed by atoms with Gasteiger partial charge in [0.1, 0.15) is 12.1 Å². The summed E-state index contributed by atoms with van der Waals surface area (Å²) in [4.78, 5) is 63.6. The maximum absolute atomic E-state index is 13.8. The number of amides is 4. The SMILES string of the molecule is CCCCCCCCCCCCCCCC(=O)N(CCCN(CC)CC)C(C(=O)NCCOCCOCCNC(=O)C(C(C)C)N(CCCN(CC)CC)C(=O)CCCCCCCCCCCCCCC)C(C)C. The van der Waals surface area contributed by atoms with Crippen LogP contribution in [-0.2, 0) is 28.7 Å². The van der Waals surface area contributed by atoms with Gasteiger partial charge in [0.25, 0.3) is 0 Å². The predicted octanol–water partition coefficient (Wildman–Crippen LogP) is 13.4. The van der Waals surface area contributed by atoms with Crippen molar-refractivity contribution in [2.24, 2.45) is 11.8 Å². The van der Waals surface area contributed by atoms with Crippen molar-refractivity contribution in [3.8, 4) is 0 Å². The van der Waals surface area contributed by atoms with Crippen LogP contribution in [0.5, 0.6) is 0 Å². The molecule has 0 heterocycles. The maximum atomic E-state index is 13.8. The van der Waals surface area contributed by atoms with E-state index in [1.54, 1.807) is 0 Å². The lowest BCUT2D eigenvalue weighted by Gasteiger charge is -2.34. The average molecular weight is 1050 g/mol. The van der Waals surface area contributed by atoms with Crippen LogP contribution in [0.1, 0.15) is 262 Å².